The van der Waals surface area contributed by atoms with E-state index in [2.05, 4.69) is 10.4 Å². The number of anilines is 1. The molecule has 0 aliphatic rings. The number of hydrogen-bond acceptors (Lipinski definition) is 4. The Morgan fingerprint density at radius 1 is 1.61 bits per heavy atom. The molecule has 1 amide bonds. The molecule has 4 N–H and O–H groups in total. The molecule has 6 nitrogen and oxygen atoms in total. The Hall–Kier alpha value is -1.56. The Labute approximate surface area is 107 Å². The monoisotopic (exact) mass is 254 g/mol. The lowest BCUT2D eigenvalue weighted by atomic mass is 10.0. The van der Waals surface area contributed by atoms with Crippen LogP contribution in [0.1, 0.15) is 37.2 Å². The van der Waals surface area contributed by atoms with Crippen LogP contribution in [0, 0.1) is 5.92 Å². The van der Waals surface area contributed by atoms with Crippen LogP contribution < -0.4 is 11.1 Å². The molecule has 0 saturated carbocycles. The number of aromatic nitrogens is 2. The van der Waals surface area contributed by atoms with Crippen LogP contribution in [0.25, 0.3) is 0 Å². The zero-order chi connectivity index (χ0) is 13.5. The summed E-state index contributed by atoms with van der Waals surface area (Å²) in [5, 5.41) is 15.8. The minimum absolute atomic E-state index is 0.140. The fraction of sp³-hybridized carbons (Fsp3) is 0.667. The topological polar surface area (TPSA) is 93.2 Å². The Bertz CT molecular complexity index is 389. The largest absolute Gasteiger partial charge is 0.396 e. The Morgan fingerprint density at radius 3 is 2.83 bits per heavy atom. The van der Waals surface area contributed by atoms with Crippen LogP contribution >= 0.6 is 0 Å². The van der Waals surface area contributed by atoms with E-state index in [1.54, 1.807) is 10.9 Å². The molecule has 0 aliphatic carbocycles. The second-order valence-corrected chi connectivity index (χ2v) is 4.29. The van der Waals surface area contributed by atoms with Gasteiger partial charge in [-0.3, -0.25) is 9.48 Å². The van der Waals surface area contributed by atoms with Crippen molar-refractivity contribution in [3.8, 4) is 0 Å². The lowest BCUT2D eigenvalue weighted by molar-refractivity contribution is 0.0938. The summed E-state index contributed by atoms with van der Waals surface area (Å²) in [4.78, 5) is 11.9. The number of carbonyl (C=O) groups is 1. The summed E-state index contributed by atoms with van der Waals surface area (Å²) < 4.78 is 1.63. The second-order valence-electron chi connectivity index (χ2n) is 4.29. The standard InChI is InChI=1S/C12H22N4O2/c1-3-9(5-6-17)7-14-12(18)11-10(13)8-16(4-2)15-11/h8-9,17H,3-7,13H2,1-2H3,(H,14,18). The van der Waals surface area contributed by atoms with Gasteiger partial charge in [0, 0.05) is 25.9 Å². The summed E-state index contributed by atoms with van der Waals surface area (Å²) in [5.41, 5.74) is 6.40. The maximum absolute atomic E-state index is 11.9. The molecular formula is C12H22N4O2. The molecule has 0 bridgehead atoms. The molecule has 102 valence electrons. The molecule has 18 heavy (non-hydrogen) atoms. The van der Waals surface area contributed by atoms with Crippen LogP contribution in [0.15, 0.2) is 6.20 Å². The van der Waals surface area contributed by atoms with Crippen molar-refractivity contribution in [3.63, 3.8) is 0 Å². The van der Waals surface area contributed by atoms with Gasteiger partial charge in [-0.05, 0) is 19.3 Å². The first-order valence-electron chi connectivity index (χ1n) is 6.34. The van der Waals surface area contributed by atoms with Gasteiger partial charge in [-0.1, -0.05) is 13.3 Å². The predicted octanol–water partition coefficient (Wildman–Crippen LogP) is 0.624. The highest BCUT2D eigenvalue weighted by molar-refractivity contribution is 5.96. The van der Waals surface area contributed by atoms with Crippen molar-refractivity contribution in [1.82, 2.24) is 15.1 Å². The molecule has 1 aromatic heterocycles. The quantitative estimate of drug-likeness (QED) is 0.665. The number of nitrogens with two attached hydrogens (primary N) is 1. The highest BCUT2D eigenvalue weighted by Gasteiger charge is 2.15. The van der Waals surface area contributed by atoms with Gasteiger partial charge in [0.2, 0.25) is 0 Å². The molecule has 0 fully saturated rings. The third-order valence-corrected chi connectivity index (χ3v) is 3.00. The van der Waals surface area contributed by atoms with Gasteiger partial charge in [-0.2, -0.15) is 5.10 Å². The average Bonchev–Trinajstić information content (AvgIpc) is 2.75. The van der Waals surface area contributed by atoms with E-state index in [1.165, 1.54) is 0 Å². The van der Waals surface area contributed by atoms with E-state index in [1.807, 2.05) is 13.8 Å². The van der Waals surface area contributed by atoms with Crippen molar-refractivity contribution < 1.29 is 9.90 Å². The van der Waals surface area contributed by atoms with Crippen molar-refractivity contribution >= 4 is 11.6 Å². The van der Waals surface area contributed by atoms with E-state index in [0.29, 0.717) is 25.2 Å². The van der Waals surface area contributed by atoms with Crippen LogP contribution in [0.3, 0.4) is 0 Å². The highest BCUT2D eigenvalue weighted by Crippen LogP contribution is 2.10. The summed E-state index contributed by atoms with van der Waals surface area (Å²) in [6.07, 6.45) is 3.26. The van der Waals surface area contributed by atoms with Crippen molar-refractivity contribution in [2.24, 2.45) is 5.92 Å². The maximum Gasteiger partial charge on any atom is 0.273 e. The molecule has 0 aromatic carbocycles. The van der Waals surface area contributed by atoms with Crippen molar-refractivity contribution in [2.45, 2.75) is 33.2 Å². The lowest BCUT2D eigenvalue weighted by Gasteiger charge is -2.13. The number of aliphatic hydroxyl groups excluding tert-OH is 1. The number of amides is 1. The Morgan fingerprint density at radius 2 is 2.33 bits per heavy atom. The molecule has 1 heterocycles. The molecule has 1 rings (SSSR count). The summed E-state index contributed by atoms with van der Waals surface area (Å²) in [6.45, 7) is 5.32. The van der Waals surface area contributed by atoms with Gasteiger partial charge in [-0.15, -0.1) is 0 Å². The van der Waals surface area contributed by atoms with Crippen LogP contribution in [0.5, 0.6) is 0 Å². The van der Waals surface area contributed by atoms with Crippen molar-refractivity contribution in [2.75, 3.05) is 18.9 Å². The number of aryl methyl sites for hydroxylation is 1. The minimum Gasteiger partial charge on any atom is -0.396 e. The third-order valence-electron chi connectivity index (χ3n) is 3.00. The van der Waals surface area contributed by atoms with Gasteiger partial charge in [0.25, 0.3) is 5.91 Å². The number of rotatable bonds is 7. The first kappa shape index (κ1) is 14.5. The summed E-state index contributed by atoms with van der Waals surface area (Å²) in [7, 11) is 0. The molecule has 6 heteroatoms. The van der Waals surface area contributed by atoms with E-state index in [4.69, 9.17) is 10.8 Å². The third kappa shape index (κ3) is 3.73. The van der Waals surface area contributed by atoms with Crippen molar-refractivity contribution in [3.05, 3.63) is 11.9 Å². The van der Waals surface area contributed by atoms with Gasteiger partial charge in [0.05, 0.1) is 5.69 Å². The number of nitrogens with one attached hydrogen (secondary N) is 1. The van der Waals surface area contributed by atoms with E-state index >= 15 is 0 Å². The number of carbonyl (C=O) groups excluding carboxylic acids is 1. The van der Waals surface area contributed by atoms with Crippen LogP contribution in [-0.2, 0) is 6.54 Å². The van der Waals surface area contributed by atoms with E-state index < -0.39 is 0 Å². The zero-order valence-corrected chi connectivity index (χ0v) is 11.0. The van der Waals surface area contributed by atoms with Gasteiger partial charge in [0.1, 0.15) is 0 Å². The smallest absolute Gasteiger partial charge is 0.273 e. The normalized spacial score (nSPS) is 12.4. The summed E-state index contributed by atoms with van der Waals surface area (Å²) >= 11 is 0. The van der Waals surface area contributed by atoms with Crippen LogP contribution in [0.2, 0.25) is 0 Å². The Kier molecular flexibility index (Phi) is 5.64. The molecule has 0 aliphatic heterocycles. The molecule has 1 atom stereocenters. The minimum atomic E-state index is -0.254. The first-order valence-corrected chi connectivity index (χ1v) is 6.34. The number of aliphatic hydroxyl groups is 1. The summed E-state index contributed by atoms with van der Waals surface area (Å²) in [5.74, 6) is 0.0320. The second kappa shape index (κ2) is 7.00. The average molecular weight is 254 g/mol. The molecule has 0 saturated heterocycles. The number of nitrogen functional groups attached to an aromatic ring is 1. The first-order chi connectivity index (χ1) is 8.62. The van der Waals surface area contributed by atoms with Gasteiger partial charge < -0.3 is 16.2 Å². The number of nitrogens with zero attached hydrogens (tertiary/aromatic N) is 2. The fourth-order valence-corrected chi connectivity index (χ4v) is 1.73. The lowest BCUT2D eigenvalue weighted by Crippen LogP contribution is -2.30. The van der Waals surface area contributed by atoms with Crippen LogP contribution in [-0.4, -0.2) is 33.9 Å². The maximum atomic E-state index is 11.9. The van der Waals surface area contributed by atoms with Crippen molar-refractivity contribution in [1.29, 1.82) is 0 Å². The van der Waals surface area contributed by atoms with E-state index in [9.17, 15) is 4.79 Å². The molecule has 1 aromatic rings. The van der Waals surface area contributed by atoms with Gasteiger partial charge in [-0.25, -0.2) is 0 Å². The predicted molar refractivity (Wildman–Crippen MR) is 70.1 cm³/mol. The fourth-order valence-electron chi connectivity index (χ4n) is 1.73. The number of hydrogen-bond donors (Lipinski definition) is 3. The molecule has 0 radical (unpaired) electrons. The van der Waals surface area contributed by atoms with E-state index in [-0.39, 0.29) is 24.1 Å². The zero-order valence-electron chi connectivity index (χ0n) is 11.0. The van der Waals surface area contributed by atoms with Gasteiger partial charge >= 0.3 is 0 Å². The van der Waals surface area contributed by atoms with Gasteiger partial charge in [0.15, 0.2) is 5.69 Å². The molecular weight excluding hydrogens is 232 g/mol. The molecule has 1 unspecified atom stereocenters. The molecule has 0 spiro atoms. The Balaban J connectivity index is 2.56. The van der Waals surface area contributed by atoms with Crippen LogP contribution in [0.4, 0.5) is 5.69 Å². The SMILES string of the molecule is CCC(CCO)CNC(=O)c1nn(CC)cc1N. The van der Waals surface area contributed by atoms with E-state index in [0.717, 1.165) is 6.42 Å². The highest BCUT2D eigenvalue weighted by atomic mass is 16.3. The summed E-state index contributed by atoms with van der Waals surface area (Å²) in [6, 6.07) is 0.